The molecule has 6 nitrogen and oxygen atoms in total. The summed E-state index contributed by atoms with van der Waals surface area (Å²) in [4.78, 5) is 25.0. The summed E-state index contributed by atoms with van der Waals surface area (Å²) in [6.07, 6.45) is 5.86. The third-order valence-electron chi connectivity index (χ3n) is 4.63. The molecule has 2 amide bonds. The normalized spacial score (nSPS) is 16.4. The fourth-order valence-corrected chi connectivity index (χ4v) is 3.31. The Morgan fingerprint density at radius 1 is 1.07 bits per heavy atom. The van der Waals surface area contributed by atoms with E-state index in [1.165, 1.54) is 12.8 Å². The highest BCUT2D eigenvalue weighted by molar-refractivity contribution is 5.95. The minimum atomic E-state index is -0.596. The minimum absolute atomic E-state index is 0.276. The molecule has 2 N–H and O–H groups in total. The van der Waals surface area contributed by atoms with Crippen LogP contribution in [0.1, 0.15) is 70.9 Å². The molecule has 1 aliphatic heterocycles. The molecule has 1 atom stereocenters. The van der Waals surface area contributed by atoms with E-state index < -0.39 is 12.0 Å². The first-order valence-electron chi connectivity index (χ1n) is 10.3. The first-order valence-corrected chi connectivity index (χ1v) is 10.3. The van der Waals surface area contributed by atoms with Gasteiger partial charge in [0.25, 0.3) is 0 Å². The summed E-state index contributed by atoms with van der Waals surface area (Å²) in [5, 5.41) is 5.65. The summed E-state index contributed by atoms with van der Waals surface area (Å²) in [5.41, 5.74) is 1.84. The van der Waals surface area contributed by atoms with Crippen molar-refractivity contribution < 1.29 is 19.1 Å². The fraction of sp³-hybridized carbons (Fsp3) is 0.545. The third-order valence-corrected chi connectivity index (χ3v) is 4.63. The van der Waals surface area contributed by atoms with Gasteiger partial charge in [-0.1, -0.05) is 57.7 Å². The van der Waals surface area contributed by atoms with E-state index >= 15 is 0 Å². The van der Waals surface area contributed by atoms with Crippen molar-refractivity contribution in [1.29, 1.82) is 0 Å². The van der Waals surface area contributed by atoms with Crippen molar-refractivity contribution in [3.8, 4) is 5.75 Å². The number of urea groups is 1. The van der Waals surface area contributed by atoms with Crippen molar-refractivity contribution in [2.75, 3.05) is 13.2 Å². The van der Waals surface area contributed by atoms with Crippen molar-refractivity contribution >= 4 is 12.0 Å². The molecule has 0 saturated heterocycles. The summed E-state index contributed by atoms with van der Waals surface area (Å²) in [6, 6.07) is 6.64. The van der Waals surface area contributed by atoms with Crippen LogP contribution >= 0.6 is 0 Å². The smallest absolute Gasteiger partial charge is 0.338 e. The number of hydrogen-bond acceptors (Lipinski definition) is 4. The molecule has 0 spiro atoms. The predicted molar refractivity (Wildman–Crippen MR) is 109 cm³/mol. The molecule has 6 heteroatoms. The van der Waals surface area contributed by atoms with Crippen LogP contribution < -0.4 is 15.4 Å². The number of ether oxygens (including phenoxy) is 2. The standard InChI is InChI=1S/C22H32N2O4/c1-4-7-8-11-15-28-18-14-10-9-13-16(18)20-19(21(25)27-6-3)17(12-5-2)23-22(26)24-20/h9-10,13-14,20H,4-8,11-12,15H2,1-3H3,(H2,23,24,26). The van der Waals surface area contributed by atoms with Gasteiger partial charge in [-0.3, -0.25) is 0 Å². The van der Waals surface area contributed by atoms with Gasteiger partial charge in [0.1, 0.15) is 5.75 Å². The second kappa shape index (κ2) is 11.4. The number of carbonyl (C=O) groups is 2. The van der Waals surface area contributed by atoms with Crippen LogP contribution in [0.5, 0.6) is 5.75 Å². The van der Waals surface area contributed by atoms with Crippen molar-refractivity contribution in [2.45, 2.75) is 65.3 Å². The van der Waals surface area contributed by atoms with Crippen LogP contribution in [-0.4, -0.2) is 25.2 Å². The zero-order valence-corrected chi connectivity index (χ0v) is 17.2. The van der Waals surface area contributed by atoms with Gasteiger partial charge in [0.05, 0.1) is 24.8 Å². The van der Waals surface area contributed by atoms with Crippen LogP contribution in [0, 0.1) is 0 Å². The van der Waals surface area contributed by atoms with Crippen LogP contribution in [0.4, 0.5) is 4.79 Å². The second-order valence-electron chi connectivity index (χ2n) is 6.84. The quantitative estimate of drug-likeness (QED) is 0.428. The van der Waals surface area contributed by atoms with E-state index in [1.54, 1.807) is 6.92 Å². The van der Waals surface area contributed by atoms with E-state index in [1.807, 2.05) is 31.2 Å². The van der Waals surface area contributed by atoms with E-state index in [-0.39, 0.29) is 12.6 Å². The number of allylic oxidation sites excluding steroid dienone is 1. The molecule has 2 rings (SSSR count). The highest BCUT2D eigenvalue weighted by Crippen LogP contribution is 2.34. The number of amides is 2. The summed E-state index contributed by atoms with van der Waals surface area (Å²) < 4.78 is 11.3. The molecule has 0 aliphatic carbocycles. The number of hydrogen-bond donors (Lipinski definition) is 2. The number of nitrogens with one attached hydrogen (secondary N) is 2. The molecule has 1 aliphatic rings. The maximum atomic E-state index is 12.7. The van der Waals surface area contributed by atoms with Gasteiger partial charge in [-0.2, -0.15) is 0 Å². The van der Waals surface area contributed by atoms with Gasteiger partial charge < -0.3 is 20.1 Å². The van der Waals surface area contributed by atoms with Gasteiger partial charge in [-0.25, -0.2) is 9.59 Å². The van der Waals surface area contributed by atoms with Gasteiger partial charge >= 0.3 is 12.0 Å². The molecule has 0 aromatic heterocycles. The monoisotopic (exact) mass is 388 g/mol. The van der Waals surface area contributed by atoms with Crippen molar-refractivity contribution in [3.05, 3.63) is 41.1 Å². The Bertz CT molecular complexity index is 700. The zero-order valence-electron chi connectivity index (χ0n) is 17.2. The molecule has 0 saturated carbocycles. The molecule has 0 radical (unpaired) electrons. The molecule has 0 fully saturated rings. The Hall–Kier alpha value is -2.50. The highest BCUT2D eigenvalue weighted by Gasteiger charge is 2.34. The molecule has 1 unspecified atom stereocenters. The van der Waals surface area contributed by atoms with E-state index in [9.17, 15) is 9.59 Å². The van der Waals surface area contributed by atoms with Crippen LogP contribution in [0.15, 0.2) is 35.5 Å². The summed E-state index contributed by atoms with van der Waals surface area (Å²) >= 11 is 0. The maximum Gasteiger partial charge on any atom is 0.338 e. The van der Waals surface area contributed by atoms with Gasteiger partial charge in [0.2, 0.25) is 0 Å². The number of rotatable bonds is 11. The average molecular weight is 389 g/mol. The van der Waals surface area contributed by atoms with Gasteiger partial charge in [0.15, 0.2) is 0 Å². The Morgan fingerprint density at radius 2 is 1.86 bits per heavy atom. The van der Waals surface area contributed by atoms with Crippen molar-refractivity contribution in [1.82, 2.24) is 10.6 Å². The SMILES string of the molecule is CCCCCCOc1ccccc1C1NC(=O)NC(CCC)=C1C(=O)OCC. The van der Waals surface area contributed by atoms with E-state index in [0.717, 1.165) is 24.8 Å². The lowest BCUT2D eigenvalue weighted by Gasteiger charge is -2.30. The van der Waals surface area contributed by atoms with Gasteiger partial charge in [-0.05, 0) is 25.8 Å². The molecular weight excluding hydrogens is 356 g/mol. The van der Waals surface area contributed by atoms with Crippen LogP contribution in [0.2, 0.25) is 0 Å². The van der Waals surface area contributed by atoms with Gasteiger partial charge in [-0.15, -0.1) is 0 Å². The van der Waals surface area contributed by atoms with E-state index in [2.05, 4.69) is 17.6 Å². The molecule has 1 aromatic rings. The van der Waals surface area contributed by atoms with Crippen LogP contribution in [0.3, 0.4) is 0 Å². The van der Waals surface area contributed by atoms with Crippen molar-refractivity contribution in [2.24, 2.45) is 0 Å². The number of benzene rings is 1. The first kappa shape index (κ1) is 21.8. The summed E-state index contributed by atoms with van der Waals surface area (Å²) in [6.45, 7) is 6.84. The number of para-hydroxylation sites is 1. The number of carbonyl (C=O) groups excluding carboxylic acids is 2. The zero-order chi connectivity index (χ0) is 20.4. The Labute approximate surface area is 167 Å². The number of esters is 1. The largest absolute Gasteiger partial charge is 0.493 e. The summed E-state index contributed by atoms with van der Waals surface area (Å²) in [5.74, 6) is 0.269. The lowest BCUT2D eigenvalue weighted by atomic mass is 9.93. The second-order valence-corrected chi connectivity index (χ2v) is 6.84. The molecule has 0 bridgehead atoms. The molecule has 28 heavy (non-hydrogen) atoms. The minimum Gasteiger partial charge on any atom is -0.493 e. The lowest BCUT2D eigenvalue weighted by molar-refractivity contribution is -0.139. The van der Waals surface area contributed by atoms with E-state index in [0.29, 0.717) is 30.0 Å². The fourth-order valence-electron chi connectivity index (χ4n) is 3.31. The predicted octanol–water partition coefficient (Wildman–Crippen LogP) is 4.62. The highest BCUT2D eigenvalue weighted by atomic mass is 16.5. The Morgan fingerprint density at radius 3 is 2.57 bits per heavy atom. The topological polar surface area (TPSA) is 76.7 Å². The Balaban J connectivity index is 2.33. The average Bonchev–Trinajstić information content (AvgIpc) is 2.68. The Kier molecular flexibility index (Phi) is 8.85. The molecule has 1 aromatic carbocycles. The van der Waals surface area contributed by atoms with Gasteiger partial charge in [0, 0.05) is 11.3 Å². The third kappa shape index (κ3) is 5.75. The number of unbranched alkanes of at least 4 members (excludes halogenated alkanes) is 3. The summed E-state index contributed by atoms with van der Waals surface area (Å²) in [7, 11) is 0. The first-order chi connectivity index (χ1) is 13.6. The lowest BCUT2D eigenvalue weighted by Crippen LogP contribution is -2.46. The maximum absolute atomic E-state index is 12.7. The molecule has 1 heterocycles. The van der Waals surface area contributed by atoms with Crippen LogP contribution in [-0.2, 0) is 9.53 Å². The van der Waals surface area contributed by atoms with Crippen LogP contribution in [0.25, 0.3) is 0 Å². The van der Waals surface area contributed by atoms with E-state index in [4.69, 9.17) is 9.47 Å². The molecular formula is C22H32N2O4. The molecule has 154 valence electrons. The van der Waals surface area contributed by atoms with Crippen molar-refractivity contribution in [3.63, 3.8) is 0 Å².